The Labute approximate surface area is 441 Å². The molecule has 0 saturated carbocycles. The first-order chi connectivity index (χ1) is 36.5. The van der Waals surface area contributed by atoms with Gasteiger partial charge in [-0.2, -0.15) is 0 Å². The molecular formula is C71H58N4. The van der Waals surface area contributed by atoms with Gasteiger partial charge in [0.05, 0.1) is 5.69 Å². The first-order valence-electron chi connectivity index (χ1n) is 26.1. The summed E-state index contributed by atoms with van der Waals surface area (Å²) < 4.78 is 0. The number of fused-ring (bicyclic) bond motifs is 1. The van der Waals surface area contributed by atoms with Crippen molar-refractivity contribution in [2.45, 2.75) is 52.9 Å². The molecule has 1 atom stereocenters. The number of nitrogens with zero attached hydrogens (tertiary/aromatic N) is 4. The van der Waals surface area contributed by atoms with Crippen LogP contribution >= 0.6 is 0 Å². The molecule has 4 nitrogen and oxygen atoms in total. The summed E-state index contributed by atoms with van der Waals surface area (Å²) >= 11 is 0. The van der Waals surface area contributed by atoms with Crippen LogP contribution in [0.25, 0.3) is 112 Å². The molecule has 0 saturated heterocycles. The van der Waals surface area contributed by atoms with Gasteiger partial charge < -0.3 is 0 Å². The number of rotatable bonds is 10. The van der Waals surface area contributed by atoms with E-state index >= 15 is 0 Å². The highest BCUT2D eigenvalue weighted by molar-refractivity contribution is 5.85. The topological polar surface area (TPSA) is 51.6 Å². The highest BCUT2D eigenvalue weighted by atomic mass is 15.0. The van der Waals surface area contributed by atoms with E-state index in [1.807, 2.05) is 6.20 Å². The number of hydrogen-bond donors (Lipinski definition) is 0. The van der Waals surface area contributed by atoms with Crippen LogP contribution in [-0.2, 0) is 5.41 Å². The third-order valence-corrected chi connectivity index (χ3v) is 16.4. The normalized spacial score (nSPS) is 14.3. The van der Waals surface area contributed by atoms with Gasteiger partial charge in [0, 0.05) is 28.5 Å². The second-order valence-corrected chi connectivity index (χ2v) is 21.3. The van der Waals surface area contributed by atoms with Gasteiger partial charge >= 0.3 is 0 Å². The number of hydrogen-bond acceptors (Lipinski definition) is 4. The summed E-state index contributed by atoms with van der Waals surface area (Å²) in [6.45, 7) is 14.1. The third kappa shape index (κ3) is 8.97. The molecule has 1 aliphatic rings. The fourth-order valence-electron chi connectivity index (χ4n) is 11.1. The van der Waals surface area contributed by atoms with Crippen LogP contribution in [-0.4, -0.2) is 19.9 Å². The minimum atomic E-state index is 0.0647. The molecule has 0 bridgehead atoms. The molecule has 75 heavy (non-hydrogen) atoms. The summed E-state index contributed by atoms with van der Waals surface area (Å²) in [7, 11) is 0. The van der Waals surface area contributed by atoms with Gasteiger partial charge in [0.1, 0.15) is 0 Å². The smallest absolute Gasteiger partial charge is 0.165 e. The third-order valence-electron chi connectivity index (χ3n) is 16.4. The van der Waals surface area contributed by atoms with Crippen molar-refractivity contribution in [3.05, 3.63) is 253 Å². The molecule has 0 N–H and O–H groups in total. The molecule has 9 aromatic carbocycles. The number of pyridine rings is 1. The van der Waals surface area contributed by atoms with Gasteiger partial charge in [0.15, 0.2) is 17.5 Å². The van der Waals surface area contributed by atoms with Crippen LogP contribution in [0.5, 0.6) is 0 Å². The summed E-state index contributed by atoms with van der Waals surface area (Å²) in [4.78, 5) is 21.2. The molecule has 4 heteroatoms. The second-order valence-electron chi connectivity index (χ2n) is 21.3. The van der Waals surface area contributed by atoms with Crippen molar-refractivity contribution >= 4 is 0 Å². The van der Waals surface area contributed by atoms with Crippen LogP contribution in [0.15, 0.2) is 237 Å². The van der Waals surface area contributed by atoms with E-state index in [1.165, 1.54) is 33.4 Å². The van der Waals surface area contributed by atoms with E-state index in [4.69, 9.17) is 19.9 Å². The summed E-state index contributed by atoms with van der Waals surface area (Å²) in [5.74, 6) is 2.16. The van der Waals surface area contributed by atoms with Crippen molar-refractivity contribution in [3.63, 3.8) is 0 Å². The second kappa shape index (κ2) is 19.2. The minimum absolute atomic E-state index is 0.0647. The average molecular weight is 967 g/mol. The molecule has 2 heterocycles. The van der Waals surface area contributed by atoms with E-state index in [2.05, 4.69) is 272 Å². The Morgan fingerprint density at radius 3 is 1.11 bits per heavy atom. The van der Waals surface area contributed by atoms with Crippen LogP contribution in [0.3, 0.4) is 0 Å². The Bertz CT molecular complexity index is 3590. The first-order valence-corrected chi connectivity index (χ1v) is 26.1. The van der Waals surface area contributed by atoms with Crippen LogP contribution in [0.4, 0.5) is 0 Å². The Morgan fingerprint density at radius 1 is 0.333 bits per heavy atom. The van der Waals surface area contributed by atoms with Gasteiger partial charge in [-0.1, -0.05) is 204 Å². The molecule has 362 valence electrons. The molecule has 0 amide bonds. The van der Waals surface area contributed by atoms with E-state index in [-0.39, 0.29) is 10.8 Å². The fourth-order valence-corrected chi connectivity index (χ4v) is 11.1. The fraction of sp³-hybridized carbons (Fsp3) is 0.127. The Hall–Kier alpha value is -8.86. The monoisotopic (exact) mass is 966 g/mol. The molecule has 1 aliphatic carbocycles. The maximum absolute atomic E-state index is 5.35. The summed E-state index contributed by atoms with van der Waals surface area (Å²) in [6, 6.07) is 82.4. The van der Waals surface area contributed by atoms with Crippen molar-refractivity contribution in [1.82, 2.24) is 19.9 Å². The van der Waals surface area contributed by atoms with E-state index in [1.54, 1.807) is 0 Å². The van der Waals surface area contributed by atoms with Crippen LogP contribution in [0.2, 0.25) is 0 Å². The van der Waals surface area contributed by atoms with Gasteiger partial charge in [-0.05, 0) is 168 Å². The molecule has 0 radical (unpaired) electrons. The lowest BCUT2D eigenvalue weighted by Gasteiger charge is -2.38. The van der Waals surface area contributed by atoms with Gasteiger partial charge in [-0.3, -0.25) is 4.98 Å². The number of benzene rings is 9. The quantitative estimate of drug-likeness (QED) is 0.137. The van der Waals surface area contributed by atoms with Gasteiger partial charge in [-0.15, -0.1) is 0 Å². The lowest BCUT2D eigenvalue weighted by Crippen LogP contribution is -2.33. The molecule has 0 fully saturated rings. The Kier molecular flexibility index (Phi) is 12.1. The number of aromatic nitrogens is 4. The highest BCUT2D eigenvalue weighted by Crippen LogP contribution is 2.58. The van der Waals surface area contributed by atoms with Gasteiger partial charge in [-0.25, -0.2) is 15.0 Å². The van der Waals surface area contributed by atoms with Crippen molar-refractivity contribution in [2.75, 3.05) is 0 Å². The molecule has 0 aliphatic heterocycles. The summed E-state index contributed by atoms with van der Waals surface area (Å²) in [6.07, 6.45) is 1.95. The predicted molar refractivity (Wildman–Crippen MR) is 312 cm³/mol. The molecule has 2 aromatic heterocycles. The minimum Gasteiger partial charge on any atom is -0.255 e. The summed E-state index contributed by atoms with van der Waals surface area (Å²) in [5.41, 5.74) is 22.4. The van der Waals surface area contributed by atoms with E-state index < -0.39 is 0 Å². The average Bonchev–Trinajstić information content (AvgIpc) is 3.60. The maximum Gasteiger partial charge on any atom is 0.165 e. The zero-order chi connectivity index (χ0) is 51.3. The van der Waals surface area contributed by atoms with E-state index in [9.17, 15) is 0 Å². The highest BCUT2D eigenvalue weighted by Gasteiger charge is 2.50. The Balaban J connectivity index is 0.990. The molecule has 12 rings (SSSR count). The van der Waals surface area contributed by atoms with Crippen molar-refractivity contribution in [1.29, 1.82) is 0 Å². The zero-order valence-electron chi connectivity index (χ0n) is 43.4. The van der Waals surface area contributed by atoms with Gasteiger partial charge in [0.2, 0.25) is 0 Å². The molecule has 0 spiro atoms. The van der Waals surface area contributed by atoms with Crippen molar-refractivity contribution in [3.8, 4) is 112 Å². The predicted octanol–water partition coefficient (Wildman–Crippen LogP) is 18.7. The lowest BCUT2D eigenvalue weighted by atomic mass is 9.65. The molecule has 11 aromatic rings. The van der Waals surface area contributed by atoms with Crippen LogP contribution in [0.1, 0.15) is 57.2 Å². The molecular weight excluding hydrogens is 909 g/mol. The van der Waals surface area contributed by atoms with E-state index in [0.717, 1.165) is 78.0 Å². The lowest BCUT2D eigenvalue weighted by molar-refractivity contribution is 0.190. The maximum atomic E-state index is 5.35. The zero-order valence-corrected chi connectivity index (χ0v) is 43.4. The first kappa shape index (κ1) is 47.2. The van der Waals surface area contributed by atoms with E-state index in [0.29, 0.717) is 23.4 Å². The summed E-state index contributed by atoms with van der Waals surface area (Å²) in [5, 5.41) is 0. The van der Waals surface area contributed by atoms with Gasteiger partial charge in [0.25, 0.3) is 0 Å². The van der Waals surface area contributed by atoms with Crippen LogP contribution in [0, 0.1) is 12.3 Å². The largest absolute Gasteiger partial charge is 0.255 e. The SMILES string of the molecule is Cc1cc(-c2ccc3c(c2)C(C)C(C)(C)C3(C)C)ncc1-c1nc(-c2cccc(-c3cc(-c4ccccc4)cc(-c4ccccc4)c3)c2)nc(-c2cccc(-c3cc(-c4ccccc4)cc(-c4ccccc4)c3)c2)n1. The van der Waals surface area contributed by atoms with Crippen LogP contribution < -0.4 is 0 Å². The van der Waals surface area contributed by atoms with Crippen molar-refractivity contribution < 1.29 is 0 Å². The molecule has 1 unspecified atom stereocenters. The number of aryl methyl sites for hydroxylation is 1. The standard InChI is InChI=1S/C71H58N4/c1-46-35-66(54-33-34-65-63(44-54)47(2)70(3,4)71(65,5)6)72-45-64(46)69-74-67(55-31-19-29-52(36-55)61-40-57(48-21-11-7-12-22-48)38-58(41-61)49-23-13-8-14-24-49)73-68(75-69)56-32-20-30-53(37-56)62-42-59(50-25-15-9-16-26-50)39-60(43-62)51-27-17-10-18-28-51/h7-45,47H,1-6H3. The Morgan fingerprint density at radius 2 is 0.693 bits per heavy atom. The van der Waals surface area contributed by atoms with Crippen molar-refractivity contribution in [2.24, 2.45) is 5.41 Å².